The molecule has 0 atom stereocenters. The van der Waals surface area contributed by atoms with Crippen molar-refractivity contribution >= 4 is 11.6 Å². The van der Waals surface area contributed by atoms with Gasteiger partial charge in [-0.05, 0) is 12.1 Å². The molecule has 1 aromatic rings. The maximum atomic E-state index is 4.91. The van der Waals surface area contributed by atoms with Crippen molar-refractivity contribution in [2.45, 2.75) is 0 Å². The summed E-state index contributed by atoms with van der Waals surface area (Å²) < 4.78 is 4.91. The molecule has 1 aromatic heterocycles. The van der Waals surface area contributed by atoms with Crippen LogP contribution >= 0.6 is 0 Å². The van der Waals surface area contributed by atoms with Crippen molar-refractivity contribution in [2.24, 2.45) is 0 Å². The van der Waals surface area contributed by atoms with Gasteiger partial charge in [0.05, 0.1) is 6.61 Å². The second kappa shape index (κ2) is 5.37. The summed E-state index contributed by atoms with van der Waals surface area (Å²) in [7, 11) is 3.53. The summed E-state index contributed by atoms with van der Waals surface area (Å²) in [5, 5.41) is 6.12. The van der Waals surface area contributed by atoms with Gasteiger partial charge in [-0.2, -0.15) is 0 Å². The number of rotatable bonds is 5. The predicted molar refractivity (Wildman–Crippen MR) is 54.1 cm³/mol. The highest BCUT2D eigenvalue weighted by Crippen LogP contribution is 2.07. The fraction of sp³-hybridized carbons (Fsp3) is 0.444. The van der Waals surface area contributed by atoms with Crippen LogP contribution in [0, 0.1) is 0 Å². The third-order valence-electron chi connectivity index (χ3n) is 1.62. The van der Waals surface area contributed by atoms with E-state index in [4.69, 9.17) is 4.74 Å². The van der Waals surface area contributed by atoms with Gasteiger partial charge in [-0.1, -0.05) is 6.07 Å². The molecule has 0 saturated heterocycles. The van der Waals surface area contributed by atoms with Crippen molar-refractivity contribution in [3.63, 3.8) is 0 Å². The number of hydrogen-bond donors (Lipinski definition) is 2. The third-order valence-corrected chi connectivity index (χ3v) is 1.62. The van der Waals surface area contributed by atoms with E-state index in [0.717, 1.165) is 18.2 Å². The minimum Gasteiger partial charge on any atom is -0.383 e. The van der Waals surface area contributed by atoms with E-state index in [2.05, 4.69) is 15.6 Å². The van der Waals surface area contributed by atoms with Crippen molar-refractivity contribution in [1.82, 2.24) is 4.98 Å². The van der Waals surface area contributed by atoms with Crippen LogP contribution in [-0.4, -0.2) is 32.3 Å². The molecule has 0 spiro atoms. The first-order valence-corrected chi connectivity index (χ1v) is 4.24. The van der Waals surface area contributed by atoms with Crippen LogP contribution < -0.4 is 10.6 Å². The predicted octanol–water partition coefficient (Wildman–Crippen LogP) is 1.18. The Balaban J connectivity index is 2.46. The Morgan fingerprint density at radius 1 is 1.38 bits per heavy atom. The van der Waals surface area contributed by atoms with Crippen LogP contribution in [0.5, 0.6) is 0 Å². The Morgan fingerprint density at radius 2 is 2.15 bits per heavy atom. The van der Waals surface area contributed by atoms with Crippen molar-refractivity contribution < 1.29 is 4.74 Å². The lowest BCUT2D eigenvalue weighted by molar-refractivity contribution is 0.210. The van der Waals surface area contributed by atoms with Gasteiger partial charge in [-0.25, -0.2) is 4.98 Å². The van der Waals surface area contributed by atoms with Crippen LogP contribution in [0.25, 0.3) is 0 Å². The molecule has 0 amide bonds. The molecule has 4 heteroatoms. The molecule has 0 radical (unpaired) electrons. The van der Waals surface area contributed by atoms with E-state index < -0.39 is 0 Å². The number of aromatic nitrogens is 1. The lowest BCUT2D eigenvalue weighted by Crippen LogP contribution is -2.09. The summed E-state index contributed by atoms with van der Waals surface area (Å²) in [6.07, 6.45) is 0. The van der Waals surface area contributed by atoms with Gasteiger partial charge in [-0.3, -0.25) is 0 Å². The quantitative estimate of drug-likeness (QED) is 0.670. The molecule has 2 N–H and O–H groups in total. The summed E-state index contributed by atoms with van der Waals surface area (Å²) in [6, 6.07) is 5.80. The van der Waals surface area contributed by atoms with Crippen LogP contribution in [-0.2, 0) is 4.74 Å². The average Bonchev–Trinajstić information content (AvgIpc) is 2.19. The van der Waals surface area contributed by atoms with Crippen molar-refractivity contribution in [3.05, 3.63) is 18.2 Å². The van der Waals surface area contributed by atoms with Gasteiger partial charge in [0.2, 0.25) is 0 Å². The van der Waals surface area contributed by atoms with Crippen LogP contribution in [0.3, 0.4) is 0 Å². The van der Waals surface area contributed by atoms with Crippen LogP contribution in [0.4, 0.5) is 11.6 Å². The molecule has 0 unspecified atom stereocenters. The molecular weight excluding hydrogens is 166 g/mol. The Kier molecular flexibility index (Phi) is 4.05. The number of anilines is 2. The first-order valence-electron chi connectivity index (χ1n) is 4.24. The molecule has 72 valence electrons. The molecular formula is C9H15N3O. The van der Waals surface area contributed by atoms with Gasteiger partial charge < -0.3 is 15.4 Å². The standard InChI is InChI=1S/C9H15N3O/c1-10-8-4-3-5-9(12-8)11-6-7-13-2/h3-5H,6-7H2,1-2H3,(H2,10,11,12). The Morgan fingerprint density at radius 3 is 2.85 bits per heavy atom. The van der Waals surface area contributed by atoms with Crippen LogP contribution in [0.1, 0.15) is 0 Å². The summed E-state index contributed by atoms with van der Waals surface area (Å²) >= 11 is 0. The second-order valence-electron chi connectivity index (χ2n) is 2.58. The number of methoxy groups -OCH3 is 1. The van der Waals surface area contributed by atoms with Gasteiger partial charge in [-0.15, -0.1) is 0 Å². The average molecular weight is 181 g/mol. The first-order chi connectivity index (χ1) is 6.36. The maximum absolute atomic E-state index is 4.91. The lowest BCUT2D eigenvalue weighted by Gasteiger charge is -2.05. The molecule has 0 aromatic carbocycles. The number of nitrogens with one attached hydrogen (secondary N) is 2. The highest BCUT2D eigenvalue weighted by molar-refractivity contribution is 5.44. The zero-order chi connectivity index (χ0) is 9.52. The zero-order valence-corrected chi connectivity index (χ0v) is 8.00. The Labute approximate surface area is 78.3 Å². The molecule has 0 aliphatic rings. The van der Waals surface area contributed by atoms with E-state index in [9.17, 15) is 0 Å². The highest BCUT2D eigenvalue weighted by Gasteiger charge is 1.93. The molecule has 4 nitrogen and oxygen atoms in total. The minimum atomic E-state index is 0.686. The summed E-state index contributed by atoms with van der Waals surface area (Å²) in [5.74, 6) is 1.73. The molecule has 1 rings (SSSR count). The molecule has 0 fully saturated rings. The topological polar surface area (TPSA) is 46.2 Å². The molecule has 0 aliphatic heterocycles. The Bertz CT molecular complexity index is 252. The fourth-order valence-electron chi connectivity index (χ4n) is 0.954. The fourth-order valence-corrected chi connectivity index (χ4v) is 0.954. The highest BCUT2D eigenvalue weighted by atomic mass is 16.5. The van der Waals surface area contributed by atoms with Gasteiger partial charge in [0.1, 0.15) is 11.6 Å². The second-order valence-corrected chi connectivity index (χ2v) is 2.58. The van der Waals surface area contributed by atoms with E-state index in [-0.39, 0.29) is 0 Å². The SMILES string of the molecule is CNc1cccc(NCCOC)n1. The number of nitrogens with zero attached hydrogens (tertiary/aromatic N) is 1. The van der Waals surface area contributed by atoms with E-state index in [0.29, 0.717) is 6.61 Å². The number of hydrogen-bond acceptors (Lipinski definition) is 4. The summed E-state index contributed by atoms with van der Waals surface area (Å²) in [6.45, 7) is 1.46. The van der Waals surface area contributed by atoms with Crippen LogP contribution in [0.15, 0.2) is 18.2 Å². The van der Waals surface area contributed by atoms with Gasteiger partial charge in [0.15, 0.2) is 0 Å². The van der Waals surface area contributed by atoms with Crippen molar-refractivity contribution in [3.8, 4) is 0 Å². The maximum Gasteiger partial charge on any atom is 0.128 e. The van der Waals surface area contributed by atoms with Crippen LogP contribution in [0.2, 0.25) is 0 Å². The molecule has 1 heterocycles. The van der Waals surface area contributed by atoms with Gasteiger partial charge in [0, 0.05) is 20.7 Å². The number of pyridine rings is 1. The zero-order valence-electron chi connectivity index (χ0n) is 8.00. The Hall–Kier alpha value is -1.29. The first kappa shape index (κ1) is 9.80. The van der Waals surface area contributed by atoms with Crippen molar-refractivity contribution in [2.75, 3.05) is 37.9 Å². The van der Waals surface area contributed by atoms with Gasteiger partial charge in [0.25, 0.3) is 0 Å². The van der Waals surface area contributed by atoms with E-state index in [1.54, 1.807) is 7.11 Å². The van der Waals surface area contributed by atoms with E-state index >= 15 is 0 Å². The minimum absolute atomic E-state index is 0.686. The van der Waals surface area contributed by atoms with E-state index in [1.807, 2.05) is 25.2 Å². The molecule has 13 heavy (non-hydrogen) atoms. The lowest BCUT2D eigenvalue weighted by atomic mass is 10.4. The summed E-state index contributed by atoms with van der Waals surface area (Å²) in [4.78, 5) is 4.29. The molecule has 0 bridgehead atoms. The monoisotopic (exact) mass is 181 g/mol. The smallest absolute Gasteiger partial charge is 0.128 e. The largest absolute Gasteiger partial charge is 0.383 e. The number of ether oxygens (including phenoxy) is 1. The molecule has 0 saturated carbocycles. The van der Waals surface area contributed by atoms with E-state index in [1.165, 1.54) is 0 Å². The van der Waals surface area contributed by atoms with Gasteiger partial charge >= 0.3 is 0 Å². The third kappa shape index (κ3) is 3.29. The molecule has 0 aliphatic carbocycles. The van der Waals surface area contributed by atoms with Crippen molar-refractivity contribution in [1.29, 1.82) is 0 Å². The summed E-state index contributed by atoms with van der Waals surface area (Å²) in [5.41, 5.74) is 0. The normalized spacial score (nSPS) is 9.69.